The fourth-order valence-electron chi connectivity index (χ4n) is 1.91. The van der Waals surface area contributed by atoms with Gasteiger partial charge in [-0.25, -0.2) is 0 Å². The minimum Gasteiger partial charge on any atom is -0.496 e. The van der Waals surface area contributed by atoms with Crippen LogP contribution in [-0.2, 0) is 13.0 Å². The second-order valence-electron chi connectivity index (χ2n) is 4.01. The Balaban J connectivity index is 2.30. The summed E-state index contributed by atoms with van der Waals surface area (Å²) in [6.07, 6.45) is 0.873. The molecular formula is C15H17NO. The molecule has 2 aromatic rings. The molecule has 2 heteroatoms. The third kappa shape index (κ3) is 2.86. The maximum absolute atomic E-state index is 5.66. The molecule has 0 saturated carbocycles. The number of hydrogen-bond acceptors (Lipinski definition) is 2. The second-order valence-corrected chi connectivity index (χ2v) is 4.01. The van der Waals surface area contributed by atoms with Crippen LogP contribution in [0.3, 0.4) is 0 Å². The van der Waals surface area contributed by atoms with Crippen molar-refractivity contribution in [1.29, 1.82) is 0 Å². The predicted molar refractivity (Wildman–Crippen MR) is 70.1 cm³/mol. The van der Waals surface area contributed by atoms with E-state index in [1.807, 2.05) is 18.2 Å². The van der Waals surface area contributed by atoms with E-state index in [-0.39, 0.29) is 0 Å². The maximum atomic E-state index is 5.66. The monoisotopic (exact) mass is 227 g/mol. The summed E-state index contributed by atoms with van der Waals surface area (Å²) in [5, 5.41) is 0. The highest BCUT2D eigenvalue weighted by Crippen LogP contribution is 2.22. The van der Waals surface area contributed by atoms with Gasteiger partial charge in [-0.3, -0.25) is 0 Å². The molecule has 2 N–H and O–H groups in total. The van der Waals surface area contributed by atoms with Crippen LogP contribution in [0.4, 0.5) is 0 Å². The van der Waals surface area contributed by atoms with Crippen LogP contribution >= 0.6 is 0 Å². The quantitative estimate of drug-likeness (QED) is 0.871. The number of ether oxygens (including phenoxy) is 1. The third-order valence-electron chi connectivity index (χ3n) is 2.82. The average molecular weight is 227 g/mol. The molecule has 0 unspecified atom stereocenters. The summed E-state index contributed by atoms with van der Waals surface area (Å²) in [6.45, 7) is 0.561. The molecule has 0 aliphatic carbocycles. The van der Waals surface area contributed by atoms with Crippen LogP contribution in [0.2, 0.25) is 0 Å². The topological polar surface area (TPSA) is 35.2 Å². The third-order valence-corrected chi connectivity index (χ3v) is 2.82. The van der Waals surface area contributed by atoms with Gasteiger partial charge in [0.25, 0.3) is 0 Å². The van der Waals surface area contributed by atoms with Crippen LogP contribution < -0.4 is 10.5 Å². The summed E-state index contributed by atoms with van der Waals surface area (Å²) in [5.74, 6) is 0.922. The van der Waals surface area contributed by atoms with Gasteiger partial charge in [0.2, 0.25) is 0 Å². The van der Waals surface area contributed by atoms with Gasteiger partial charge in [-0.1, -0.05) is 42.5 Å². The molecule has 0 fully saturated rings. The van der Waals surface area contributed by atoms with Crippen LogP contribution in [0.25, 0.3) is 0 Å². The molecule has 0 atom stereocenters. The summed E-state index contributed by atoms with van der Waals surface area (Å²) in [7, 11) is 1.70. The Morgan fingerprint density at radius 3 is 2.41 bits per heavy atom. The Bertz CT molecular complexity index is 480. The largest absolute Gasteiger partial charge is 0.496 e. The van der Waals surface area contributed by atoms with Crippen molar-refractivity contribution in [1.82, 2.24) is 0 Å². The van der Waals surface area contributed by atoms with Gasteiger partial charge in [-0.15, -0.1) is 0 Å². The zero-order chi connectivity index (χ0) is 12.1. The molecule has 2 aromatic carbocycles. The van der Waals surface area contributed by atoms with E-state index in [0.29, 0.717) is 6.54 Å². The highest BCUT2D eigenvalue weighted by Gasteiger charge is 2.04. The molecular weight excluding hydrogens is 210 g/mol. The maximum Gasteiger partial charge on any atom is 0.122 e. The number of methoxy groups -OCH3 is 1. The van der Waals surface area contributed by atoms with Crippen LogP contribution in [-0.4, -0.2) is 7.11 Å². The minimum absolute atomic E-state index is 0.561. The van der Waals surface area contributed by atoms with Crippen LogP contribution in [0.15, 0.2) is 48.5 Å². The summed E-state index contributed by atoms with van der Waals surface area (Å²) >= 11 is 0. The van der Waals surface area contributed by atoms with Crippen molar-refractivity contribution in [3.8, 4) is 5.75 Å². The fourth-order valence-corrected chi connectivity index (χ4v) is 1.91. The SMILES string of the molecule is COc1ccc(CN)cc1Cc1ccccc1. The van der Waals surface area contributed by atoms with Crippen molar-refractivity contribution in [3.05, 3.63) is 65.2 Å². The van der Waals surface area contributed by atoms with Crippen molar-refractivity contribution in [2.75, 3.05) is 7.11 Å². The van der Waals surface area contributed by atoms with Gasteiger partial charge in [-0.2, -0.15) is 0 Å². The Labute approximate surface area is 102 Å². The molecule has 2 nitrogen and oxygen atoms in total. The molecule has 88 valence electrons. The highest BCUT2D eigenvalue weighted by molar-refractivity contribution is 5.40. The number of rotatable bonds is 4. The Hall–Kier alpha value is -1.80. The van der Waals surface area contributed by atoms with Gasteiger partial charge in [0.15, 0.2) is 0 Å². The van der Waals surface area contributed by atoms with E-state index >= 15 is 0 Å². The van der Waals surface area contributed by atoms with Gasteiger partial charge in [0.05, 0.1) is 7.11 Å². The van der Waals surface area contributed by atoms with Gasteiger partial charge in [-0.05, 0) is 22.8 Å². The summed E-state index contributed by atoms with van der Waals surface area (Å²) < 4.78 is 5.38. The summed E-state index contributed by atoms with van der Waals surface area (Å²) in [4.78, 5) is 0. The molecule has 0 radical (unpaired) electrons. The fraction of sp³-hybridized carbons (Fsp3) is 0.200. The zero-order valence-electron chi connectivity index (χ0n) is 10.0. The highest BCUT2D eigenvalue weighted by atomic mass is 16.5. The standard InChI is InChI=1S/C15H17NO/c1-17-15-8-7-13(11-16)10-14(15)9-12-5-3-2-4-6-12/h2-8,10H,9,11,16H2,1H3. The van der Waals surface area contributed by atoms with Crippen LogP contribution in [0.5, 0.6) is 5.75 Å². The van der Waals surface area contributed by atoms with E-state index in [4.69, 9.17) is 10.5 Å². The molecule has 2 rings (SSSR count). The number of nitrogens with two attached hydrogens (primary N) is 1. The van der Waals surface area contributed by atoms with Crippen LogP contribution in [0, 0.1) is 0 Å². The van der Waals surface area contributed by atoms with Crippen LogP contribution in [0.1, 0.15) is 16.7 Å². The Kier molecular flexibility index (Phi) is 3.78. The van der Waals surface area contributed by atoms with E-state index in [1.54, 1.807) is 7.11 Å². The van der Waals surface area contributed by atoms with Crippen molar-refractivity contribution >= 4 is 0 Å². The molecule has 17 heavy (non-hydrogen) atoms. The van der Waals surface area contributed by atoms with Gasteiger partial charge in [0, 0.05) is 13.0 Å². The normalized spacial score (nSPS) is 10.2. The van der Waals surface area contributed by atoms with Gasteiger partial charge in [0.1, 0.15) is 5.75 Å². The average Bonchev–Trinajstić information content (AvgIpc) is 2.40. The van der Waals surface area contributed by atoms with E-state index < -0.39 is 0 Å². The number of hydrogen-bond donors (Lipinski definition) is 1. The first-order chi connectivity index (χ1) is 8.33. The lowest BCUT2D eigenvalue weighted by molar-refractivity contribution is 0.410. The smallest absolute Gasteiger partial charge is 0.122 e. The molecule has 0 aliphatic rings. The Morgan fingerprint density at radius 1 is 1.00 bits per heavy atom. The molecule has 0 saturated heterocycles. The zero-order valence-corrected chi connectivity index (χ0v) is 10.0. The first-order valence-electron chi connectivity index (χ1n) is 5.73. The summed E-state index contributed by atoms with van der Waals surface area (Å²) in [5.41, 5.74) is 9.26. The van der Waals surface area contributed by atoms with E-state index in [9.17, 15) is 0 Å². The van der Waals surface area contributed by atoms with E-state index in [2.05, 4.69) is 30.3 Å². The predicted octanol–water partition coefficient (Wildman–Crippen LogP) is 2.74. The molecule has 0 spiro atoms. The van der Waals surface area contributed by atoms with Crippen molar-refractivity contribution in [2.45, 2.75) is 13.0 Å². The minimum atomic E-state index is 0.561. The molecule has 0 aliphatic heterocycles. The first-order valence-corrected chi connectivity index (χ1v) is 5.73. The van der Waals surface area contributed by atoms with Gasteiger partial charge >= 0.3 is 0 Å². The molecule has 0 heterocycles. The first kappa shape index (κ1) is 11.7. The lowest BCUT2D eigenvalue weighted by Gasteiger charge is -2.10. The van der Waals surface area contributed by atoms with Crippen molar-refractivity contribution in [3.63, 3.8) is 0 Å². The molecule has 0 amide bonds. The number of benzene rings is 2. The van der Waals surface area contributed by atoms with E-state index in [1.165, 1.54) is 11.1 Å². The Morgan fingerprint density at radius 2 is 1.76 bits per heavy atom. The lowest BCUT2D eigenvalue weighted by atomic mass is 10.0. The second kappa shape index (κ2) is 5.51. The van der Waals surface area contributed by atoms with E-state index in [0.717, 1.165) is 17.7 Å². The lowest BCUT2D eigenvalue weighted by Crippen LogP contribution is -2.00. The molecule has 0 bridgehead atoms. The van der Waals surface area contributed by atoms with Crippen molar-refractivity contribution in [2.24, 2.45) is 5.73 Å². The van der Waals surface area contributed by atoms with Crippen molar-refractivity contribution < 1.29 is 4.74 Å². The summed E-state index contributed by atoms with van der Waals surface area (Å²) in [6, 6.07) is 16.5. The molecule has 0 aromatic heterocycles. The van der Waals surface area contributed by atoms with Gasteiger partial charge < -0.3 is 10.5 Å².